The van der Waals surface area contributed by atoms with Crippen LogP contribution >= 0.6 is 11.6 Å². The van der Waals surface area contributed by atoms with Gasteiger partial charge >= 0.3 is 5.97 Å². The number of carboxylic acid groups (broad SMARTS) is 1. The first-order valence-electron chi connectivity index (χ1n) is 6.23. The van der Waals surface area contributed by atoms with Gasteiger partial charge in [-0.3, -0.25) is 9.59 Å². The Bertz CT molecular complexity index is 499. The quantitative estimate of drug-likeness (QED) is 0.909. The first-order chi connectivity index (χ1) is 9.25. The van der Waals surface area contributed by atoms with Crippen LogP contribution in [0.25, 0.3) is 0 Å². The van der Waals surface area contributed by atoms with Crippen molar-refractivity contribution in [2.75, 3.05) is 6.54 Å². The summed E-state index contributed by atoms with van der Waals surface area (Å²) in [6.07, 6.45) is 0. The van der Waals surface area contributed by atoms with Crippen LogP contribution in [0.5, 0.6) is 0 Å². The monoisotopic (exact) mass is 301 g/mol. The second kappa shape index (κ2) is 6.70. The molecule has 110 valence electrons. The van der Waals surface area contributed by atoms with Crippen LogP contribution in [0.3, 0.4) is 0 Å². The fourth-order valence-electron chi connectivity index (χ4n) is 1.75. The molecule has 1 aromatic carbocycles. The first kappa shape index (κ1) is 16.4. The number of hydrogen-bond donors (Lipinski definition) is 1. The average molecular weight is 302 g/mol. The zero-order chi connectivity index (χ0) is 15.4. The Labute approximate surface area is 122 Å². The lowest BCUT2D eigenvalue weighted by molar-refractivity contribution is -0.141. The van der Waals surface area contributed by atoms with Gasteiger partial charge in [-0.25, -0.2) is 4.39 Å². The van der Waals surface area contributed by atoms with Gasteiger partial charge in [0.05, 0.1) is 16.5 Å². The van der Waals surface area contributed by atoms with Crippen LogP contribution in [0.4, 0.5) is 4.39 Å². The summed E-state index contributed by atoms with van der Waals surface area (Å²) < 4.78 is 13.8. The Morgan fingerprint density at radius 2 is 1.95 bits per heavy atom. The summed E-state index contributed by atoms with van der Waals surface area (Å²) in [6.45, 7) is 4.97. The molecule has 0 saturated carbocycles. The molecule has 1 rings (SSSR count). The van der Waals surface area contributed by atoms with Gasteiger partial charge < -0.3 is 10.0 Å². The zero-order valence-electron chi connectivity index (χ0n) is 11.6. The Morgan fingerprint density at radius 1 is 1.35 bits per heavy atom. The molecule has 6 heteroatoms. The summed E-state index contributed by atoms with van der Waals surface area (Å²) >= 11 is 5.87. The highest BCUT2D eigenvalue weighted by atomic mass is 35.5. The second-order valence-corrected chi connectivity index (χ2v) is 5.29. The summed E-state index contributed by atoms with van der Waals surface area (Å²) in [5.74, 6) is -3.07. The van der Waals surface area contributed by atoms with Crippen LogP contribution in [-0.4, -0.2) is 34.5 Å². The number of carbonyl (C=O) groups excluding carboxylic acids is 1. The van der Waals surface area contributed by atoms with Gasteiger partial charge in [0, 0.05) is 12.6 Å². The number of aliphatic carboxylic acids is 1. The van der Waals surface area contributed by atoms with Crippen LogP contribution in [0.15, 0.2) is 18.2 Å². The van der Waals surface area contributed by atoms with Crippen LogP contribution in [-0.2, 0) is 4.79 Å². The van der Waals surface area contributed by atoms with Gasteiger partial charge in [0.15, 0.2) is 0 Å². The van der Waals surface area contributed by atoms with Crippen molar-refractivity contribution in [1.82, 2.24) is 4.90 Å². The number of hydrogen-bond acceptors (Lipinski definition) is 2. The third-order valence-electron chi connectivity index (χ3n) is 2.95. The minimum absolute atomic E-state index is 0.00348. The minimum Gasteiger partial charge on any atom is -0.481 e. The molecule has 0 aliphatic carbocycles. The third-order valence-corrected chi connectivity index (χ3v) is 3.27. The standard InChI is InChI=1S/C14H17ClFNO3/c1-8(2)17(7-9(3)14(19)20)13(18)12-10(15)5-4-6-11(12)16/h4-6,8-9H,7H2,1-3H3,(H,19,20). The van der Waals surface area contributed by atoms with Crippen molar-refractivity contribution in [3.8, 4) is 0 Å². The summed E-state index contributed by atoms with van der Waals surface area (Å²) in [7, 11) is 0. The first-order valence-corrected chi connectivity index (χ1v) is 6.61. The van der Waals surface area contributed by atoms with Crippen LogP contribution < -0.4 is 0 Å². The summed E-state index contributed by atoms with van der Waals surface area (Å²) in [5.41, 5.74) is -0.222. The number of rotatable bonds is 5. The van der Waals surface area contributed by atoms with E-state index in [1.165, 1.54) is 24.0 Å². The molecule has 0 spiro atoms. The van der Waals surface area contributed by atoms with Crippen molar-refractivity contribution in [3.05, 3.63) is 34.6 Å². The van der Waals surface area contributed by atoms with E-state index in [1.54, 1.807) is 13.8 Å². The molecular weight excluding hydrogens is 285 g/mol. The minimum atomic E-state index is -1.01. The lowest BCUT2D eigenvalue weighted by Gasteiger charge is -2.28. The van der Waals surface area contributed by atoms with Crippen molar-refractivity contribution < 1.29 is 19.1 Å². The molecule has 20 heavy (non-hydrogen) atoms. The molecule has 4 nitrogen and oxygen atoms in total. The Balaban J connectivity index is 3.09. The number of halogens is 2. The van der Waals surface area contributed by atoms with Crippen molar-refractivity contribution >= 4 is 23.5 Å². The largest absolute Gasteiger partial charge is 0.481 e. The molecule has 0 radical (unpaired) electrons. The predicted octanol–water partition coefficient (Wildman–Crippen LogP) is 3.05. The van der Waals surface area contributed by atoms with E-state index in [0.717, 1.165) is 6.07 Å². The summed E-state index contributed by atoms with van der Waals surface area (Å²) in [5, 5.41) is 8.95. The zero-order valence-corrected chi connectivity index (χ0v) is 12.3. The SMILES string of the molecule is CC(CN(C(=O)c1c(F)cccc1Cl)C(C)C)C(=O)O. The molecule has 0 aliphatic heterocycles. The van der Waals surface area contributed by atoms with Crippen LogP contribution in [0, 0.1) is 11.7 Å². The van der Waals surface area contributed by atoms with Crippen molar-refractivity contribution in [2.24, 2.45) is 5.92 Å². The average Bonchev–Trinajstić information content (AvgIpc) is 2.34. The van der Waals surface area contributed by atoms with Crippen molar-refractivity contribution in [2.45, 2.75) is 26.8 Å². The summed E-state index contributed by atoms with van der Waals surface area (Å²) in [6, 6.07) is 3.73. The smallest absolute Gasteiger partial charge is 0.308 e. The molecule has 0 bridgehead atoms. The van der Waals surface area contributed by atoms with E-state index in [0.29, 0.717) is 0 Å². The van der Waals surface area contributed by atoms with Crippen molar-refractivity contribution in [3.63, 3.8) is 0 Å². The van der Waals surface area contributed by atoms with Gasteiger partial charge in [0.1, 0.15) is 5.82 Å². The number of amides is 1. The lowest BCUT2D eigenvalue weighted by Crippen LogP contribution is -2.42. The van der Waals surface area contributed by atoms with E-state index in [-0.39, 0.29) is 23.2 Å². The lowest BCUT2D eigenvalue weighted by atomic mass is 10.1. The van der Waals surface area contributed by atoms with E-state index in [4.69, 9.17) is 16.7 Å². The molecule has 0 aromatic heterocycles. The maximum Gasteiger partial charge on any atom is 0.308 e. The highest BCUT2D eigenvalue weighted by molar-refractivity contribution is 6.33. The molecule has 0 heterocycles. The molecule has 0 fully saturated rings. The number of carbonyl (C=O) groups is 2. The fourth-order valence-corrected chi connectivity index (χ4v) is 1.99. The molecule has 1 aromatic rings. The topological polar surface area (TPSA) is 57.6 Å². The molecule has 1 amide bonds. The van der Waals surface area contributed by atoms with E-state index >= 15 is 0 Å². The van der Waals surface area contributed by atoms with Gasteiger partial charge in [-0.1, -0.05) is 24.6 Å². The van der Waals surface area contributed by atoms with Gasteiger partial charge in [0.2, 0.25) is 0 Å². The molecular formula is C14H17ClFNO3. The third kappa shape index (κ3) is 3.70. The highest BCUT2D eigenvalue weighted by Crippen LogP contribution is 2.22. The van der Waals surface area contributed by atoms with Gasteiger partial charge in [-0.2, -0.15) is 0 Å². The predicted molar refractivity (Wildman–Crippen MR) is 74.4 cm³/mol. The molecule has 0 saturated heterocycles. The maximum absolute atomic E-state index is 13.8. The Kier molecular flexibility index (Phi) is 5.51. The Morgan fingerprint density at radius 3 is 2.40 bits per heavy atom. The van der Waals surface area contributed by atoms with E-state index in [1.807, 2.05) is 0 Å². The van der Waals surface area contributed by atoms with Crippen LogP contribution in [0.1, 0.15) is 31.1 Å². The van der Waals surface area contributed by atoms with Gasteiger partial charge in [-0.05, 0) is 26.0 Å². The highest BCUT2D eigenvalue weighted by Gasteiger charge is 2.27. The Hall–Kier alpha value is -1.62. The van der Waals surface area contributed by atoms with Gasteiger partial charge in [0.25, 0.3) is 5.91 Å². The normalized spacial score (nSPS) is 12.3. The molecule has 1 N–H and O–H groups in total. The van der Waals surface area contributed by atoms with E-state index in [9.17, 15) is 14.0 Å². The number of carboxylic acids is 1. The van der Waals surface area contributed by atoms with Crippen molar-refractivity contribution in [1.29, 1.82) is 0 Å². The number of benzene rings is 1. The fraction of sp³-hybridized carbons (Fsp3) is 0.429. The maximum atomic E-state index is 13.8. The molecule has 1 atom stereocenters. The second-order valence-electron chi connectivity index (χ2n) is 4.89. The number of nitrogens with zero attached hydrogens (tertiary/aromatic N) is 1. The molecule has 1 unspecified atom stereocenters. The van der Waals surface area contributed by atoms with E-state index in [2.05, 4.69) is 0 Å². The van der Waals surface area contributed by atoms with Crippen LogP contribution in [0.2, 0.25) is 5.02 Å². The van der Waals surface area contributed by atoms with E-state index < -0.39 is 23.6 Å². The van der Waals surface area contributed by atoms with Gasteiger partial charge in [-0.15, -0.1) is 0 Å². The summed E-state index contributed by atoms with van der Waals surface area (Å²) in [4.78, 5) is 24.6. The molecule has 0 aliphatic rings.